The monoisotopic (exact) mass is 574 g/mol. The molecule has 0 aromatic heterocycles. The van der Waals surface area contributed by atoms with Gasteiger partial charge >= 0.3 is 23.9 Å². The smallest absolute Gasteiger partial charge is 0.351 e. The molecule has 0 aliphatic heterocycles. The van der Waals surface area contributed by atoms with Crippen LogP contribution in [0.2, 0.25) is 0 Å². The third kappa shape index (κ3) is 10.7. The van der Waals surface area contributed by atoms with E-state index in [9.17, 15) is 28.8 Å². The van der Waals surface area contributed by atoms with Crippen molar-refractivity contribution in [2.75, 3.05) is 14.2 Å². The maximum atomic E-state index is 12.7. The summed E-state index contributed by atoms with van der Waals surface area (Å²) in [5.41, 5.74) is 2.39. The van der Waals surface area contributed by atoms with Crippen molar-refractivity contribution in [3.05, 3.63) is 70.8 Å². The number of benzene rings is 2. The number of ketones is 2. The Morgan fingerprint density at radius 3 is 1.31 bits per heavy atom. The molecule has 0 radical (unpaired) electrons. The Morgan fingerprint density at radius 1 is 0.619 bits per heavy atom. The summed E-state index contributed by atoms with van der Waals surface area (Å²) in [5, 5.41) is 0. The van der Waals surface area contributed by atoms with E-state index in [2.05, 4.69) is 33.2 Å². The molecule has 42 heavy (non-hydrogen) atoms. The summed E-state index contributed by atoms with van der Waals surface area (Å²) in [5.74, 6) is 5.68. The SMILES string of the molecule is COC(=O)[C@H](OC(=O)CCc1ccccc1C#CC(C)=O)[C@@H](OC(=O)CCc1ccccc1C#CC(C)=O)C(=O)OC. The first-order valence-corrected chi connectivity index (χ1v) is 12.8. The molecule has 0 bridgehead atoms. The van der Waals surface area contributed by atoms with Gasteiger partial charge in [-0.3, -0.25) is 19.2 Å². The Hall–Kier alpha value is -5.22. The first kappa shape index (κ1) is 33.0. The summed E-state index contributed by atoms with van der Waals surface area (Å²) in [7, 11) is 2.03. The van der Waals surface area contributed by atoms with Gasteiger partial charge in [0.15, 0.2) is 0 Å². The molecule has 0 spiro atoms. The predicted molar refractivity (Wildman–Crippen MR) is 148 cm³/mol. The first-order chi connectivity index (χ1) is 20.0. The van der Waals surface area contributed by atoms with Crippen LogP contribution >= 0.6 is 0 Å². The first-order valence-electron chi connectivity index (χ1n) is 12.8. The second-order valence-electron chi connectivity index (χ2n) is 8.79. The van der Waals surface area contributed by atoms with Crippen LogP contribution in [-0.4, -0.2) is 61.9 Å². The molecule has 0 saturated heterocycles. The zero-order valence-electron chi connectivity index (χ0n) is 23.7. The maximum Gasteiger partial charge on any atom is 0.351 e. The minimum Gasteiger partial charge on any atom is -0.466 e. The molecule has 2 atom stereocenters. The molecule has 0 aliphatic carbocycles. The van der Waals surface area contributed by atoms with Gasteiger partial charge in [-0.1, -0.05) is 48.2 Å². The van der Waals surface area contributed by atoms with Gasteiger partial charge in [-0.2, -0.15) is 0 Å². The number of hydrogen-bond donors (Lipinski definition) is 0. The zero-order chi connectivity index (χ0) is 31.1. The van der Waals surface area contributed by atoms with E-state index in [0.29, 0.717) is 22.3 Å². The van der Waals surface area contributed by atoms with E-state index in [0.717, 1.165) is 14.2 Å². The normalized spacial score (nSPS) is 11.2. The van der Waals surface area contributed by atoms with Crippen molar-refractivity contribution in [3.8, 4) is 23.7 Å². The standard InChI is InChI=1S/C32H30O10/c1-21(33)13-15-23-9-5-7-11-25(23)17-19-27(35)41-29(31(37)39-3)30(32(38)40-4)42-28(36)20-18-26-12-8-6-10-24(26)16-14-22(2)34/h5-12,29-30H,17-20H2,1-4H3/t29-,30-/m1/s1. The van der Waals surface area contributed by atoms with Crippen LogP contribution < -0.4 is 0 Å². The van der Waals surface area contributed by atoms with Crippen LogP contribution in [0.5, 0.6) is 0 Å². The average molecular weight is 575 g/mol. The lowest BCUT2D eigenvalue weighted by Crippen LogP contribution is -2.47. The lowest BCUT2D eigenvalue weighted by atomic mass is 10.0. The van der Waals surface area contributed by atoms with Crippen LogP contribution in [0.25, 0.3) is 0 Å². The van der Waals surface area contributed by atoms with Crippen molar-refractivity contribution < 1.29 is 47.7 Å². The molecular weight excluding hydrogens is 544 g/mol. The number of carbonyl (C=O) groups excluding carboxylic acids is 6. The fraction of sp³-hybridized carbons (Fsp3) is 0.312. The molecule has 0 heterocycles. The van der Waals surface area contributed by atoms with E-state index in [1.54, 1.807) is 48.5 Å². The molecule has 0 unspecified atom stereocenters. The lowest BCUT2D eigenvalue weighted by molar-refractivity contribution is -0.189. The molecule has 10 nitrogen and oxygen atoms in total. The van der Waals surface area contributed by atoms with Gasteiger partial charge in [0.2, 0.25) is 23.8 Å². The second-order valence-corrected chi connectivity index (χ2v) is 8.79. The summed E-state index contributed by atoms with van der Waals surface area (Å²) in [6.45, 7) is 2.66. The van der Waals surface area contributed by atoms with Crippen LogP contribution in [-0.2, 0) is 60.6 Å². The largest absolute Gasteiger partial charge is 0.466 e. The Bertz CT molecular complexity index is 1350. The molecule has 0 amide bonds. The Labute approximate surface area is 243 Å². The molecular formula is C32H30O10. The number of Topliss-reactive ketones (excluding diaryl/α,β-unsaturated/α-hetero) is 2. The van der Waals surface area contributed by atoms with E-state index in [-0.39, 0.29) is 37.2 Å². The number of aryl methyl sites for hydroxylation is 2. The highest BCUT2D eigenvalue weighted by molar-refractivity contribution is 5.94. The quantitative estimate of drug-likeness (QED) is 0.223. The Balaban J connectivity index is 2.15. The summed E-state index contributed by atoms with van der Waals surface area (Å²) in [6, 6.07) is 13.7. The fourth-order valence-corrected chi connectivity index (χ4v) is 3.61. The molecule has 0 fully saturated rings. The third-order valence-electron chi connectivity index (χ3n) is 5.64. The third-order valence-corrected chi connectivity index (χ3v) is 5.64. The van der Waals surface area contributed by atoms with Crippen LogP contribution in [0.1, 0.15) is 48.9 Å². The van der Waals surface area contributed by atoms with Crippen molar-refractivity contribution in [2.24, 2.45) is 0 Å². The van der Waals surface area contributed by atoms with Crippen LogP contribution in [0.15, 0.2) is 48.5 Å². The van der Waals surface area contributed by atoms with Crippen LogP contribution in [0.3, 0.4) is 0 Å². The minimum atomic E-state index is -1.93. The van der Waals surface area contributed by atoms with Gasteiger partial charge in [0.25, 0.3) is 0 Å². The van der Waals surface area contributed by atoms with E-state index in [1.165, 1.54) is 13.8 Å². The van der Waals surface area contributed by atoms with Crippen molar-refractivity contribution in [2.45, 2.75) is 51.7 Å². The molecule has 2 aromatic rings. The highest BCUT2D eigenvalue weighted by Gasteiger charge is 2.42. The van der Waals surface area contributed by atoms with Crippen molar-refractivity contribution in [3.63, 3.8) is 0 Å². The van der Waals surface area contributed by atoms with Crippen LogP contribution in [0, 0.1) is 23.7 Å². The van der Waals surface area contributed by atoms with E-state index in [4.69, 9.17) is 9.47 Å². The van der Waals surface area contributed by atoms with E-state index in [1.807, 2.05) is 0 Å². The van der Waals surface area contributed by atoms with Gasteiger partial charge in [-0.15, -0.1) is 0 Å². The number of esters is 4. The number of rotatable bonds is 11. The van der Waals surface area contributed by atoms with E-state index < -0.39 is 36.1 Å². The summed E-state index contributed by atoms with van der Waals surface area (Å²) < 4.78 is 19.9. The maximum absolute atomic E-state index is 12.7. The number of carbonyl (C=O) groups is 6. The van der Waals surface area contributed by atoms with Gasteiger partial charge in [-0.25, -0.2) is 9.59 Å². The van der Waals surface area contributed by atoms with Crippen LogP contribution in [0.4, 0.5) is 0 Å². The highest BCUT2D eigenvalue weighted by Crippen LogP contribution is 2.16. The molecule has 0 N–H and O–H groups in total. The molecule has 218 valence electrons. The van der Waals surface area contributed by atoms with Crippen molar-refractivity contribution in [1.29, 1.82) is 0 Å². The average Bonchev–Trinajstić information content (AvgIpc) is 2.98. The summed E-state index contributed by atoms with van der Waals surface area (Å²) in [6.07, 6.45) is -4.03. The zero-order valence-corrected chi connectivity index (χ0v) is 23.7. The predicted octanol–water partition coefficient (Wildman–Crippen LogP) is 2.30. The topological polar surface area (TPSA) is 139 Å². The number of hydrogen-bond acceptors (Lipinski definition) is 10. The fourth-order valence-electron chi connectivity index (χ4n) is 3.61. The van der Waals surface area contributed by atoms with E-state index >= 15 is 0 Å². The summed E-state index contributed by atoms with van der Waals surface area (Å²) in [4.78, 5) is 73.0. The Morgan fingerprint density at radius 2 is 0.976 bits per heavy atom. The summed E-state index contributed by atoms with van der Waals surface area (Å²) >= 11 is 0. The van der Waals surface area contributed by atoms with Gasteiger partial charge < -0.3 is 18.9 Å². The number of methoxy groups -OCH3 is 2. The molecule has 10 heteroatoms. The minimum absolute atomic E-state index is 0.143. The molecule has 2 aromatic carbocycles. The number of ether oxygens (including phenoxy) is 4. The Kier molecular flexibility index (Phi) is 13.2. The van der Waals surface area contributed by atoms with Crippen molar-refractivity contribution in [1.82, 2.24) is 0 Å². The lowest BCUT2D eigenvalue weighted by Gasteiger charge is -2.23. The highest BCUT2D eigenvalue weighted by atomic mass is 16.6. The second kappa shape index (κ2) is 16.8. The van der Waals surface area contributed by atoms with Gasteiger partial charge in [-0.05, 0) is 47.9 Å². The van der Waals surface area contributed by atoms with Crippen molar-refractivity contribution >= 4 is 35.4 Å². The molecule has 0 aliphatic rings. The molecule has 2 rings (SSSR count). The van der Waals surface area contributed by atoms with Gasteiger partial charge in [0.05, 0.1) is 14.2 Å². The van der Waals surface area contributed by atoms with Gasteiger partial charge in [0, 0.05) is 37.8 Å². The molecule has 0 saturated carbocycles. The van der Waals surface area contributed by atoms with Gasteiger partial charge in [0.1, 0.15) is 0 Å².